The second-order valence-electron chi connectivity index (χ2n) is 9.33. The number of hydrogen-bond acceptors (Lipinski definition) is 5. The van der Waals surface area contributed by atoms with Gasteiger partial charge >= 0.3 is 6.18 Å². The summed E-state index contributed by atoms with van der Waals surface area (Å²) < 4.78 is 74.3. The molecule has 3 aromatic rings. The number of hydrogen-bond donors (Lipinski definition) is 1. The first-order valence-corrected chi connectivity index (χ1v) is 14.8. The molecule has 0 aliphatic heterocycles. The summed E-state index contributed by atoms with van der Waals surface area (Å²) in [7, 11) is -3.13. The molecule has 2 amide bonds. The van der Waals surface area contributed by atoms with Gasteiger partial charge in [-0.05, 0) is 61.4 Å². The number of nitrogens with zero attached hydrogens (tertiary/aromatic N) is 2. The second kappa shape index (κ2) is 13.9. The van der Waals surface area contributed by atoms with Gasteiger partial charge < -0.3 is 15.0 Å². The first kappa shape index (κ1) is 32.7. The van der Waals surface area contributed by atoms with Crippen molar-refractivity contribution < 1.29 is 35.9 Å². The van der Waals surface area contributed by atoms with Gasteiger partial charge in [0.15, 0.2) is 0 Å². The van der Waals surface area contributed by atoms with Crippen molar-refractivity contribution in [3.05, 3.63) is 88.9 Å². The lowest BCUT2D eigenvalue weighted by Gasteiger charge is -2.32. The van der Waals surface area contributed by atoms with Crippen molar-refractivity contribution in [2.75, 3.05) is 24.5 Å². The van der Waals surface area contributed by atoms with Crippen molar-refractivity contribution >= 4 is 39.1 Å². The quantitative estimate of drug-likeness (QED) is 0.287. The zero-order chi connectivity index (χ0) is 31.1. The highest BCUT2D eigenvalue weighted by atomic mass is 35.5. The van der Waals surface area contributed by atoms with Gasteiger partial charge in [-0.25, -0.2) is 8.42 Å². The van der Waals surface area contributed by atoms with Crippen LogP contribution in [0.1, 0.15) is 31.4 Å². The van der Waals surface area contributed by atoms with Crippen molar-refractivity contribution in [1.82, 2.24) is 10.2 Å². The molecule has 0 heterocycles. The molecule has 0 saturated carbocycles. The summed E-state index contributed by atoms with van der Waals surface area (Å²) in [5.41, 5.74) is -1.11. The molecule has 3 aromatic carbocycles. The van der Waals surface area contributed by atoms with E-state index in [1.54, 1.807) is 30.3 Å². The Bertz CT molecular complexity index is 1500. The average Bonchev–Trinajstić information content (AvgIpc) is 2.97. The largest absolute Gasteiger partial charge is 0.497 e. The molecule has 1 atom stereocenters. The minimum atomic E-state index is -4.81. The molecule has 0 fully saturated rings. The Balaban J connectivity index is 2.12. The maximum Gasteiger partial charge on any atom is 0.416 e. The van der Waals surface area contributed by atoms with Crippen LogP contribution in [-0.2, 0) is 32.3 Å². The number of amides is 2. The van der Waals surface area contributed by atoms with Crippen LogP contribution in [0.15, 0.2) is 77.7 Å². The van der Waals surface area contributed by atoms with E-state index in [9.17, 15) is 31.2 Å². The minimum Gasteiger partial charge on any atom is -0.497 e. The number of rotatable bonds is 12. The van der Waals surface area contributed by atoms with E-state index >= 15 is 0 Å². The summed E-state index contributed by atoms with van der Waals surface area (Å²) >= 11 is 6.25. The van der Waals surface area contributed by atoms with Gasteiger partial charge in [-0.15, -0.1) is 0 Å². The van der Waals surface area contributed by atoms with Crippen molar-refractivity contribution in [3.8, 4) is 5.75 Å². The lowest BCUT2D eigenvalue weighted by Crippen LogP contribution is -2.51. The van der Waals surface area contributed by atoms with Crippen LogP contribution in [0.25, 0.3) is 0 Å². The molecule has 0 aromatic heterocycles. The first-order valence-electron chi connectivity index (χ1n) is 12.9. The average molecular weight is 626 g/mol. The molecule has 3 rings (SSSR count). The molecule has 1 unspecified atom stereocenters. The molecule has 0 bridgehead atoms. The summed E-state index contributed by atoms with van der Waals surface area (Å²) in [5, 5.41) is 2.40. The highest BCUT2D eigenvalue weighted by molar-refractivity contribution is 7.92. The first-order chi connectivity index (χ1) is 19.8. The fraction of sp³-hybridized carbons (Fsp3) is 0.310. The SMILES string of the molecule is CCCNC(=O)C(C)N(Cc1cccc(OC)c1)C(=O)CN(c1cc(C(F)(F)F)ccc1Cl)S(=O)(=O)c1ccccc1. The van der Waals surface area contributed by atoms with Crippen LogP contribution < -0.4 is 14.4 Å². The number of halogens is 4. The van der Waals surface area contributed by atoms with E-state index in [0.717, 1.165) is 17.0 Å². The Kier molecular flexibility index (Phi) is 10.9. The fourth-order valence-electron chi connectivity index (χ4n) is 4.06. The van der Waals surface area contributed by atoms with Gasteiger partial charge in [0.25, 0.3) is 10.0 Å². The molecular formula is C29H31ClF3N3O5S. The Hall–Kier alpha value is -3.77. The van der Waals surface area contributed by atoms with Crippen molar-refractivity contribution in [3.63, 3.8) is 0 Å². The van der Waals surface area contributed by atoms with Crippen molar-refractivity contribution in [1.29, 1.82) is 0 Å². The molecule has 226 valence electrons. The third-order valence-electron chi connectivity index (χ3n) is 6.36. The summed E-state index contributed by atoms with van der Waals surface area (Å²) in [6, 6.07) is 14.8. The Morgan fingerprint density at radius 2 is 1.71 bits per heavy atom. The topological polar surface area (TPSA) is 96.0 Å². The maximum absolute atomic E-state index is 13.9. The number of ether oxygens (including phenoxy) is 1. The minimum absolute atomic E-state index is 0.119. The molecule has 0 saturated heterocycles. The predicted molar refractivity (Wildman–Crippen MR) is 154 cm³/mol. The van der Waals surface area contributed by atoms with Gasteiger partial charge in [0.1, 0.15) is 18.3 Å². The Labute approximate surface area is 248 Å². The third kappa shape index (κ3) is 7.95. The summed E-state index contributed by atoms with van der Waals surface area (Å²) in [6.45, 7) is 2.63. The van der Waals surface area contributed by atoms with Crippen LogP contribution in [0.3, 0.4) is 0 Å². The monoisotopic (exact) mass is 625 g/mol. The number of carbonyl (C=O) groups is 2. The molecule has 42 heavy (non-hydrogen) atoms. The second-order valence-corrected chi connectivity index (χ2v) is 11.6. The number of sulfonamides is 1. The van der Waals surface area contributed by atoms with E-state index < -0.39 is 51.9 Å². The third-order valence-corrected chi connectivity index (χ3v) is 8.45. The van der Waals surface area contributed by atoms with Crippen LogP contribution in [0.2, 0.25) is 5.02 Å². The Morgan fingerprint density at radius 3 is 2.33 bits per heavy atom. The predicted octanol–water partition coefficient (Wildman–Crippen LogP) is 5.51. The van der Waals surface area contributed by atoms with Crippen LogP contribution in [0.4, 0.5) is 18.9 Å². The van der Waals surface area contributed by atoms with Gasteiger partial charge in [-0.3, -0.25) is 13.9 Å². The van der Waals surface area contributed by atoms with E-state index in [2.05, 4.69) is 5.32 Å². The van der Waals surface area contributed by atoms with E-state index in [1.165, 1.54) is 38.3 Å². The molecule has 0 radical (unpaired) electrons. The van der Waals surface area contributed by atoms with Crippen LogP contribution in [0, 0.1) is 0 Å². The summed E-state index contributed by atoms with van der Waals surface area (Å²) in [5.74, 6) is -0.834. The lowest BCUT2D eigenvalue weighted by atomic mass is 10.1. The summed E-state index contributed by atoms with van der Waals surface area (Å²) in [6.07, 6.45) is -4.17. The van der Waals surface area contributed by atoms with Gasteiger partial charge in [0.2, 0.25) is 11.8 Å². The molecule has 0 aliphatic rings. The van der Waals surface area contributed by atoms with E-state index in [1.807, 2.05) is 6.92 Å². The number of alkyl halides is 3. The van der Waals surface area contributed by atoms with Gasteiger partial charge in [0, 0.05) is 13.1 Å². The number of nitrogens with one attached hydrogen (secondary N) is 1. The smallest absolute Gasteiger partial charge is 0.416 e. The molecule has 0 spiro atoms. The standard InChI is InChI=1S/C29H31ClF3N3O5S/c1-4-15-34-28(38)20(2)35(18-21-9-8-10-23(16-21)41-3)27(37)19-36(42(39,40)24-11-6-5-7-12-24)26-17-22(29(31,32)33)13-14-25(26)30/h5-14,16-17,20H,4,15,18-19H2,1-3H3,(H,34,38). The molecule has 13 heteroatoms. The lowest BCUT2D eigenvalue weighted by molar-refractivity contribution is -0.139. The number of anilines is 1. The number of carbonyl (C=O) groups excluding carboxylic acids is 2. The van der Waals surface area contributed by atoms with Crippen molar-refractivity contribution in [2.45, 2.75) is 43.9 Å². The van der Waals surface area contributed by atoms with E-state index in [-0.39, 0.29) is 16.5 Å². The fourth-order valence-corrected chi connectivity index (χ4v) is 5.77. The zero-order valence-corrected chi connectivity index (χ0v) is 24.8. The highest BCUT2D eigenvalue weighted by Crippen LogP contribution is 2.37. The maximum atomic E-state index is 13.9. The Morgan fingerprint density at radius 1 is 1.02 bits per heavy atom. The van der Waals surface area contributed by atoms with Gasteiger partial charge in [-0.1, -0.05) is 48.9 Å². The van der Waals surface area contributed by atoms with E-state index in [0.29, 0.717) is 34.7 Å². The van der Waals surface area contributed by atoms with Crippen LogP contribution >= 0.6 is 11.6 Å². The van der Waals surface area contributed by atoms with E-state index in [4.69, 9.17) is 16.3 Å². The van der Waals surface area contributed by atoms with Crippen molar-refractivity contribution in [2.24, 2.45) is 0 Å². The highest BCUT2D eigenvalue weighted by Gasteiger charge is 2.36. The summed E-state index contributed by atoms with van der Waals surface area (Å²) in [4.78, 5) is 27.8. The number of benzene rings is 3. The molecule has 1 N–H and O–H groups in total. The van der Waals surface area contributed by atoms with Gasteiger partial charge in [0.05, 0.1) is 28.3 Å². The van der Waals surface area contributed by atoms with Crippen LogP contribution in [-0.4, -0.2) is 51.4 Å². The van der Waals surface area contributed by atoms with Crippen LogP contribution in [0.5, 0.6) is 5.75 Å². The molecular weight excluding hydrogens is 595 g/mol. The normalized spacial score (nSPS) is 12.4. The molecule has 8 nitrogen and oxygen atoms in total. The molecule has 0 aliphatic carbocycles. The van der Waals surface area contributed by atoms with Gasteiger partial charge in [-0.2, -0.15) is 13.2 Å². The number of methoxy groups -OCH3 is 1. The zero-order valence-electron chi connectivity index (χ0n) is 23.2.